The van der Waals surface area contributed by atoms with Crippen LogP contribution in [0.15, 0.2) is 30.6 Å². The van der Waals surface area contributed by atoms with Gasteiger partial charge in [-0.05, 0) is 32.0 Å². The molecule has 5 nitrogen and oxygen atoms in total. The standard InChI is InChI=1S/C13H15N3O2/c1-3-18-13(17)10-4-5-12(11(14)8-10)16-7-6-15-9(16)2/h4-8H,3,14H2,1-2H3. The molecule has 0 unspecified atom stereocenters. The lowest BCUT2D eigenvalue weighted by Crippen LogP contribution is -2.07. The molecule has 2 N–H and O–H groups in total. The fourth-order valence-corrected chi connectivity index (χ4v) is 1.75. The minimum absolute atomic E-state index is 0.348. The molecule has 0 aliphatic carbocycles. The molecule has 94 valence electrons. The molecule has 2 rings (SSSR count). The third-order valence-electron chi connectivity index (χ3n) is 2.62. The first-order chi connectivity index (χ1) is 8.63. The van der Waals surface area contributed by atoms with Crippen molar-refractivity contribution in [2.75, 3.05) is 12.3 Å². The smallest absolute Gasteiger partial charge is 0.338 e. The molecule has 5 heteroatoms. The summed E-state index contributed by atoms with van der Waals surface area (Å²) in [6, 6.07) is 5.10. The highest BCUT2D eigenvalue weighted by Gasteiger charge is 2.10. The van der Waals surface area contributed by atoms with Crippen LogP contribution in [0, 0.1) is 6.92 Å². The van der Waals surface area contributed by atoms with Crippen molar-refractivity contribution in [2.24, 2.45) is 0 Å². The Labute approximate surface area is 105 Å². The Morgan fingerprint density at radius 1 is 1.50 bits per heavy atom. The number of benzene rings is 1. The zero-order valence-electron chi connectivity index (χ0n) is 10.4. The maximum Gasteiger partial charge on any atom is 0.338 e. The van der Waals surface area contributed by atoms with Crippen molar-refractivity contribution in [3.8, 4) is 5.69 Å². The molecule has 0 amide bonds. The molecule has 0 spiro atoms. The summed E-state index contributed by atoms with van der Waals surface area (Å²) in [7, 11) is 0. The number of nitrogens with zero attached hydrogens (tertiary/aromatic N) is 2. The van der Waals surface area contributed by atoms with Crippen LogP contribution in [-0.2, 0) is 4.74 Å². The molecule has 0 saturated carbocycles. The third-order valence-corrected chi connectivity index (χ3v) is 2.62. The van der Waals surface area contributed by atoms with Gasteiger partial charge in [0, 0.05) is 12.4 Å². The minimum atomic E-state index is -0.363. The van der Waals surface area contributed by atoms with E-state index < -0.39 is 0 Å². The first kappa shape index (κ1) is 12.2. The molecule has 0 radical (unpaired) electrons. The van der Waals surface area contributed by atoms with E-state index in [1.54, 1.807) is 31.3 Å². The number of hydrogen-bond donors (Lipinski definition) is 1. The Morgan fingerprint density at radius 2 is 2.28 bits per heavy atom. The van der Waals surface area contributed by atoms with E-state index in [-0.39, 0.29) is 5.97 Å². The van der Waals surface area contributed by atoms with Crippen molar-refractivity contribution in [2.45, 2.75) is 13.8 Å². The Balaban J connectivity index is 2.37. The van der Waals surface area contributed by atoms with E-state index in [1.165, 1.54) is 0 Å². The number of anilines is 1. The zero-order valence-corrected chi connectivity index (χ0v) is 10.4. The first-order valence-corrected chi connectivity index (χ1v) is 5.70. The Bertz CT molecular complexity index is 575. The van der Waals surface area contributed by atoms with E-state index in [0.717, 1.165) is 11.5 Å². The lowest BCUT2D eigenvalue weighted by Gasteiger charge is -2.10. The van der Waals surface area contributed by atoms with Crippen LogP contribution in [0.4, 0.5) is 5.69 Å². The normalized spacial score (nSPS) is 10.3. The molecule has 0 bridgehead atoms. The van der Waals surface area contributed by atoms with Crippen molar-refractivity contribution >= 4 is 11.7 Å². The lowest BCUT2D eigenvalue weighted by atomic mass is 10.1. The largest absolute Gasteiger partial charge is 0.462 e. The number of aryl methyl sites for hydroxylation is 1. The van der Waals surface area contributed by atoms with Crippen LogP contribution in [0.5, 0.6) is 0 Å². The summed E-state index contributed by atoms with van der Waals surface area (Å²) >= 11 is 0. The number of ether oxygens (including phenoxy) is 1. The van der Waals surface area contributed by atoms with Gasteiger partial charge in [0.1, 0.15) is 5.82 Å². The average molecular weight is 245 g/mol. The second kappa shape index (κ2) is 4.91. The summed E-state index contributed by atoms with van der Waals surface area (Å²) in [5.41, 5.74) is 7.73. The monoisotopic (exact) mass is 245 g/mol. The zero-order chi connectivity index (χ0) is 13.1. The van der Waals surface area contributed by atoms with Crippen LogP contribution >= 0.6 is 0 Å². The molecule has 2 aromatic rings. The van der Waals surface area contributed by atoms with Gasteiger partial charge in [0.05, 0.1) is 23.5 Å². The number of carbonyl (C=O) groups excluding carboxylic acids is 1. The number of esters is 1. The van der Waals surface area contributed by atoms with E-state index in [0.29, 0.717) is 17.9 Å². The molecule has 0 fully saturated rings. The van der Waals surface area contributed by atoms with Crippen LogP contribution in [-0.4, -0.2) is 22.1 Å². The van der Waals surface area contributed by atoms with Gasteiger partial charge in [-0.2, -0.15) is 0 Å². The highest BCUT2D eigenvalue weighted by molar-refractivity contribution is 5.91. The predicted octanol–water partition coefficient (Wildman–Crippen LogP) is 1.94. The molecule has 1 aromatic carbocycles. The van der Waals surface area contributed by atoms with Crippen molar-refractivity contribution < 1.29 is 9.53 Å². The van der Waals surface area contributed by atoms with Crippen LogP contribution in [0.1, 0.15) is 23.1 Å². The first-order valence-electron chi connectivity index (χ1n) is 5.70. The number of nitrogen functional groups attached to an aromatic ring is 1. The molecule has 0 aliphatic heterocycles. The van der Waals surface area contributed by atoms with Crippen LogP contribution in [0.2, 0.25) is 0 Å². The van der Waals surface area contributed by atoms with Gasteiger partial charge in [-0.1, -0.05) is 0 Å². The number of carbonyl (C=O) groups is 1. The Hall–Kier alpha value is -2.30. The van der Waals surface area contributed by atoms with E-state index in [4.69, 9.17) is 10.5 Å². The molecule has 1 aromatic heterocycles. The fourth-order valence-electron chi connectivity index (χ4n) is 1.75. The quantitative estimate of drug-likeness (QED) is 0.662. The number of hydrogen-bond acceptors (Lipinski definition) is 4. The highest BCUT2D eigenvalue weighted by atomic mass is 16.5. The summed E-state index contributed by atoms with van der Waals surface area (Å²) in [5.74, 6) is 0.476. The van der Waals surface area contributed by atoms with E-state index in [1.807, 2.05) is 17.7 Å². The summed E-state index contributed by atoms with van der Waals surface area (Å²) in [4.78, 5) is 15.7. The molecule has 0 aliphatic rings. The predicted molar refractivity (Wildman–Crippen MR) is 68.7 cm³/mol. The lowest BCUT2D eigenvalue weighted by molar-refractivity contribution is 0.0526. The Morgan fingerprint density at radius 3 is 2.83 bits per heavy atom. The average Bonchev–Trinajstić information content (AvgIpc) is 2.75. The maximum absolute atomic E-state index is 11.6. The molecule has 0 saturated heterocycles. The van der Waals surface area contributed by atoms with E-state index >= 15 is 0 Å². The maximum atomic E-state index is 11.6. The second-order valence-corrected chi connectivity index (χ2v) is 3.84. The van der Waals surface area contributed by atoms with E-state index in [2.05, 4.69) is 4.98 Å². The van der Waals surface area contributed by atoms with Gasteiger partial charge in [-0.25, -0.2) is 9.78 Å². The summed E-state index contributed by atoms with van der Waals surface area (Å²) in [6.07, 6.45) is 3.53. The fraction of sp³-hybridized carbons (Fsp3) is 0.231. The van der Waals surface area contributed by atoms with Gasteiger partial charge < -0.3 is 15.0 Å². The van der Waals surface area contributed by atoms with Gasteiger partial charge >= 0.3 is 5.97 Å². The molecular formula is C13H15N3O2. The SMILES string of the molecule is CCOC(=O)c1ccc(-n2ccnc2C)c(N)c1. The summed E-state index contributed by atoms with van der Waals surface area (Å²) < 4.78 is 6.79. The van der Waals surface area contributed by atoms with Gasteiger partial charge in [-0.3, -0.25) is 0 Å². The van der Waals surface area contributed by atoms with Crippen LogP contribution in [0.25, 0.3) is 5.69 Å². The Kier molecular flexibility index (Phi) is 3.32. The number of rotatable bonds is 3. The van der Waals surface area contributed by atoms with Crippen molar-refractivity contribution in [3.05, 3.63) is 42.0 Å². The second-order valence-electron chi connectivity index (χ2n) is 3.84. The number of nitrogens with two attached hydrogens (primary N) is 1. The third kappa shape index (κ3) is 2.20. The topological polar surface area (TPSA) is 70.1 Å². The number of aromatic nitrogens is 2. The van der Waals surface area contributed by atoms with Gasteiger partial charge in [0.25, 0.3) is 0 Å². The van der Waals surface area contributed by atoms with Gasteiger partial charge in [0.15, 0.2) is 0 Å². The summed E-state index contributed by atoms with van der Waals surface area (Å²) in [5, 5.41) is 0. The van der Waals surface area contributed by atoms with Crippen molar-refractivity contribution in [3.63, 3.8) is 0 Å². The molecule has 0 atom stereocenters. The minimum Gasteiger partial charge on any atom is -0.462 e. The molecule has 1 heterocycles. The summed E-state index contributed by atoms with van der Waals surface area (Å²) in [6.45, 7) is 4.00. The van der Waals surface area contributed by atoms with Gasteiger partial charge in [-0.15, -0.1) is 0 Å². The van der Waals surface area contributed by atoms with E-state index in [9.17, 15) is 4.79 Å². The highest BCUT2D eigenvalue weighted by Crippen LogP contribution is 2.20. The number of imidazole rings is 1. The molecular weight excluding hydrogens is 230 g/mol. The van der Waals surface area contributed by atoms with Crippen LogP contribution in [0.3, 0.4) is 0 Å². The van der Waals surface area contributed by atoms with Crippen molar-refractivity contribution in [1.82, 2.24) is 9.55 Å². The van der Waals surface area contributed by atoms with Crippen LogP contribution < -0.4 is 5.73 Å². The van der Waals surface area contributed by atoms with Gasteiger partial charge in [0.2, 0.25) is 0 Å². The molecule has 18 heavy (non-hydrogen) atoms. The van der Waals surface area contributed by atoms with Crippen molar-refractivity contribution in [1.29, 1.82) is 0 Å².